The van der Waals surface area contributed by atoms with Crippen LogP contribution in [0.2, 0.25) is 0 Å². The molecule has 4 heteroatoms. The van der Waals surface area contributed by atoms with Crippen molar-refractivity contribution in [2.24, 2.45) is 0 Å². The first-order valence-electron chi connectivity index (χ1n) is 14.8. The second-order valence-corrected chi connectivity index (χ2v) is 14.1. The van der Waals surface area contributed by atoms with Crippen LogP contribution in [0.25, 0.3) is 22.3 Å². The Morgan fingerprint density at radius 1 is 0.650 bits per heavy atom. The fraction of sp³-hybridized carbons (Fsp3) is 0.500. The minimum atomic E-state index is -2.56. The highest BCUT2D eigenvalue weighted by Crippen LogP contribution is 2.49. The van der Waals surface area contributed by atoms with E-state index >= 15 is 0 Å². The quantitative estimate of drug-likeness (QED) is 0.242. The Kier molecular flexibility index (Phi) is 9.67. The Hall–Kier alpha value is -2.19. The summed E-state index contributed by atoms with van der Waals surface area (Å²) in [5, 5.41) is 0. The van der Waals surface area contributed by atoms with Gasteiger partial charge in [0, 0.05) is 5.56 Å². The van der Waals surface area contributed by atoms with Gasteiger partial charge in [-0.25, -0.2) is 0 Å². The average molecular weight is 563 g/mol. The van der Waals surface area contributed by atoms with Crippen LogP contribution in [0.3, 0.4) is 0 Å². The van der Waals surface area contributed by atoms with E-state index in [9.17, 15) is 9.79 Å². The fourth-order valence-corrected chi connectivity index (χ4v) is 6.43. The topological polar surface area (TPSA) is 49.7 Å². The van der Waals surface area contributed by atoms with Gasteiger partial charge in [-0.3, -0.25) is 0 Å². The molecular weight excluding hydrogens is 511 g/mol. The number of hydrogen-bond acceptors (Lipinski definition) is 3. The highest BCUT2D eigenvalue weighted by Gasteiger charge is 2.31. The van der Waals surface area contributed by atoms with Crippen LogP contribution < -0.4 is 4.52 Å². The SMILES string of the molecule is CCC(C)(C)c1ccc(-c2cc(OP(O)O)c(C(C)(C)CC)c(C)c2-c2ccc(C(C)(C)CC)c(C)c2)cc1C. The molecular formula is C36H51O3P. The lowest BCUT2D eigenvalue weighted by molar-refractivity contribution is 0.367. The lowest BCUT2D eigenvalue weighted by Gasteiger charge is -2.32. The molecule has 0 atom stereocenters. The monoisotopic (exact) mass is 562 g/mol. The highest BCUT2D eigenvalue weighted by atomic mass is 31.2. The fourth-order valence-electron chi connectivity index (χ4n) is 6.11. The van der Waals surface area contributed by atoms with Crippen molar-refractivity contribution in [2.45, 2.75) is 119 Å². The Bertz CT molecular complexity index is 1360. The number of hydrogen-bond donors (Lipinski definition) is 2. The van der Waals surface area contributed by atoms with Crippen molar-refractivity contribution in [1.82, 2.24) is 0 Å². The Balaban J connectivity index is 2.44. The second-order valence-electron chi connectivity index (χ2n) is 13.4. The van der Waals surface area contributed by atoms with Gasteiger partial charge < -0.3 is 14.3 Å². The van der Waals surface area contributed by atoms with Crippen molar-refractivity contribution in [2.75, 3.05) is 0 Å². The van der Waals surface area contributed by atoms with Crippen molar-refractivity contribution >= 4 is 8.60 Å². The predicted molar refractivity (Wildman–Crippen MR) is 173 cm³/mol. The van der Waals surface area contributed by atoms with Gasteiger partial charge in [0.05, 0.1) is 0 Å². The molecule has 0 bridgehead atoms. The standard InChI is InChI=1S/C36H51O3P/c1-13-34(7,8)29-18-16-26(20-23(29)4)28-22-31(39-40(37)38)33(36(11,12)15-3)25(6)32(28)27-17-19-30(24(5)21-27)35(9,10)14-2/h16-22,37-38H,13-15H2,1-12H3. The van der Waals surface area contributed by atoms with Crippen molar-refractivity contribution in [3.05, 3.63) is 75.8 Å². The molecule has 0 radical (unpaired) electrons. The Labute approximate surface area is 245 Å². The molecule has 0 fully saturated rings. The normalized spacial score (nSPS) is 12.8. The summed E-state index contributed by atoms with van der Waals surface area (Å²) < 4.78 is 5.77. The van der Waals surface area contributed by atoms with Crippen LogP contribution in [-0.4, -0.2) is 9.79 Å². The van der Waals surface area contributed by atoms with Crippen LogP contribution in [-0.2, 0) is 16.2 Å². The molecule has 0 aliphatic rings. The summed E-state index contributed by atoms with van der Waals surface area (Å²) in [5.41, 5.74) is 11.9. The zero-order chi connectivity index (χ0) is 30.2. The summed E-state index contributed by atoms with van der Waals surface area (Å²) >= 11 is 0. The lowest BCUT2D eigenvalue weighted by Crippen LogP contribution is -2.19. The van der Waals surface area contributed by atoms with Gasteiger partial charge in [-0.1, -0.05) is 98.7 Å². The summed E-state index contributed by atoms with van der Waals surface area (Å²) in [6, 6.07) is 15.7. The van der Waals surface area contributed by atoms with Crippen molar-refractivity contribution < 1.29 is 14.3 Å². The number of benzene rings is 3. The zero-order valence-electron chi connectivity index (χ0n) is 26.9. The minimum absolute atomic E-state index is 0.0905. The van der Waals surface area contributed by atoms with Crippen LogP contribution in [0.15, 0.2) is 42.5 Å². The first-order valence-corrected chi connectivity index (χ1v) is 15.9. The van der Waals surface area contributed by atoms with E-state index in [1.165, 1.54) is 33.4 Å². The highest BCUT2D eigenvalue weighted by molar-refractivity contribution is 7.39. The molecule has 0 aliphatic heterocycles. The Morgan fingerprint density at radius 2 is 1.10 bits per heavy atom. The van der Waals surface area contributed by atoms with E-state index in [1.54, 1.807) is 0 Å². The molecule has 2 N–H and O–H groups in total. The molecule has 0 aliphatic carbocycles. The molecule has 3 nitrogen and oxygen atoms in total. The summed E-state index contributed by atoms with van der Waals surface area (Å²) in [6.45, 7) is 26.8. The third kappa shape index (κ3) is 6.33. The smallest absolute Gasteiger partial charge is 0.391 e. The van der Waals surface area contributed by atoms with Gasteiger partial charge in [0.25, 0.3) is 0 Å². The summed E-state index contributed by atoms with van der Waals surface area (Å²) in [6.07, 6.45) is 3.02. The predicted octanol–water partition coefficient (Wildman–Crippen LogP) is 10.6. The average Bonchev–Trinajstić information content (AvgIpc) is 2.87. The second kappa shape index (κ2) is 12.0. The molecule has 0 heterocycles. The van der Waals surface area contributed by atoms with E-state index in [0.29, 0.717) is 5.75 Å². The van der Waals surface area contributed by atoms with Crippen LogP contribution in [0, 0.1) is 20.8 Å². The minimum Gasteiger partial charge on any atom is -0.427 e. The van der Waals surface area contributed by atoms with Crippen LogP contribution in [0.5, 0.6) is 5.75 Å². The lowest BCUT2D eigenvalue weighted by atomic mass is 9.74. The first-order chi connectivity index (χ1) is 18.5. The maximum Gasteiger partial charge on any atom is 0.391 e. The van der Waals surface area contributed by atoms with Gasteiger partial charge in [0.2, 0.25) is 0 Å². The van der Waals surface area contributed by atoms with Gasteiger partial charge in [-0.05, 0) is 112 Å². The molecule has 0 saturated carbocycles. The third-order valence-electron chi connectivity index (χ3n) is 9.56. The first kappa shape index (κ1) is 32.3. The van der Waals surface area contributed by atoms with Crippen molar-refractivity contribution in [3.8, 4) is 28.0 Å². The van der Waals surface area contributed by atoms with Gasteiger partial charge >= 0.3 is 8.60 Å². The van der Waals surface area contributed by atoms with Gasteiger partial charge in [0.15, 0.2) is 0 Å². The van der Waals surface area contributed by atoms with Gasteiger partial charge in [-0.15, -0.1) is 0 Å². The van der Waals surface area contributed by atoms with E-state index in [4.69, 9.17) is 4.52 Å². The van der Waals surface area contributed by atoms with E-state index < -0.39 is 8.60 Å². The Morgan fingerprint density at radius 3 is 1.52 bits per heavy atom. The van der Waals surface area contributed by atoms with Crippen molar-refractivity contribution in [3.63, 3.8) is 0 Å². The van der Waals surface area contributed by atoms with Gasteiger partial charge in [0.1, 0.15) is 5.75 Å². The van der Waals surface area contributed by atoms with Crippen LogP contribution in [0.1, 0.15) is 115 Å². The maximum atomic E-state index is 9.97. The molecule has 3 rings (SSSR count). The van der Waals surface area contributed by atoms with E-state index in [-0.39, 0.29) is 16.2 Å². The molecule has 0 unspecified atom stereocenters. The summed E-state index contributed by atoms with van der Waals surface area (Å²) in [7, 11) is -2.56. The largest absolute Gasteiger partial charge is 0.427 e. The van der Waals surface area contributed by atoms with Crippen LogP contribution >= 0.6 is 8.60 Å². The number of aryl methyl sites for hydroxylation is 2. The maximum absolute atomic E-state index is 9.97. The summed E-state index contributed by atoms with van der Waals surface area (Å²) in [5.74, 6) is 0.551. The summed E-state index contributed by atoms with van der Waals surface area (Å²) in [4.78, 5) is 19.9. The van der Waals surface area contributed by atoms with E-state index in [0.717, 1.165) is 41.5 Å². The van der Waals surface area contributed by atoms with Crippen molar-refractivity contribution in [1.29, 1.82) is 0 Å². The molecule has 218 valence electrons. The van der Waals surface area contributed by atoms with E-state index in [2.05, 4.69) is 119 Å². The molecule has 0 spiro atoms. The third-order valence-corrected chi connectivity index (χ3v) is 9.92. The molecule has 0 amide bonds. The molecule has 3 aromatic rings. The molecule has 0 saturated heterocycles. The zero-order valence-corrected chi connectivity index (χ0v) is 27.8. The number of rotatable bonds is 10. The van der Waals surface area contributed by atoms with Crippen LogP contribution in [0.4, 0.5) is 0 Å². The van der Waals surface area contributed by atoms with E-state index in [1.807, 2.05) is 6.07 Å². The molecule has 40 heavy (non-hydrogen) atoms. The molecule has 0 aromatic heterocycles. The molecule has 3 aromatic carbocycles. The van der Waals surface area contributed by atoms with Gasteiger partial charge in [-0.2, -0.15) is 0 Å².